The highest BCUT2D eigenvalue weighted by molar-refractivity contribution is 7.55. The molecule has 0 aliphatic carbocycles. The highest BCUT2D eigenvalue weighted by atomic mass is 31.2. The molecule has 2 heterocycles. The van der Waals surface area contributed by atoms with Gasteiger partial charge in [-0.15, -0.1) is 0 Å². The van der Waals surface area contributed by atoms with Crippen molar-refractivity contribution in [3.05, 3.63) is 48.6 Å². The molecule has 0 radical (unpaired) electrons. The van der Waals surface area contributed by atoms with E-state index in [-0.39, 0.29) is 19.6 Å². The van der Waals surface area contributed by atoms with Crippen LogP contribution >= 0.6 is 7.60 Å². The molecule has 1 aromatic carbocycles. The van der Waals surface area contributed by atoms with Crippen molar-refractivity contribution in [2.24, 2.45) is 0 Å². The number of rotatable bonds is 11. The summed E-state index contributed by atoms with van der Waals surface area (Å²) in [6.07, 6.45) is -3.16. The average Bonchev–Trinajstić information content (AvgIpc) is 3.32. The van der Waals surface area contributed by atoms with Gasteiger partial charge in [-0.05, 0) is 5.56 Å². The van der Waals surface area contributed by atoms with Crippen molar-refractivity contribution in [3.63, 3.8) is 0 Å². The van der Waals surface area contributed by atoms with Crippen LogP contribution in [0.5, 0.6) is 0 Å². The quantitative estimate of drug-likeness (QED) is 0.280. The van der Waals surface area contributed by atoms with E-state index < -0.39 is 50.0 Å². The minimum Gasteiger partial charge on any atom is -0.461 e. The van der Waals surface area contributed by atoms with Crippen molar-refractivity contribution in [3.8, 4) is 0 Å². The summed E-state index contributed by atoms with van der Waals surface area (Å²) >= 11 is 0. The van der Waals surface area contributed by atoms with Crippen LogP contribution in [-0.2, 0) is 48.7 Å². The maximum absolute atomic E-state index is 13.0. The summed E-state index contributed by atoms with van der Waals surface area (Å²) in [5.74, 6) is -0.814. The van der Waals surface area contributed by atoms with E-state index >= 15 is 0 Å². The largest absolute Gasteiger partial charge is 0.509 e. The molecule has 0 bridgehead atoms. The minimum atomic E-state index is -3.89. The van der Waals surface area contributed by atoms with E-state index in [1.807, 2.05) is 30.3 Å². The Kier molecular flexibility index (Phi) is 7.85. The predicted molar refractivity (Wildman–Crippen MR) is 106 cm³/mol. The second-order valence-electron chi connectivity index (χ2n) is 6.83. The molecule has 2 fully saturated rings. The van der Waals surface area contributed by atoms with Crippen LogP contribution in [-0.4, -0.2) is 63.2 Å². The van der Waals surface area contributed by atoms with Crippen LogP contribution in [0.1, 0.15) is 12.0 Å². The molecule has 0 saturated carbocycles. The summed E-state index contributed by atoms with van der Waals surface area (Å²) in [6.45, 7) is 3.61. The van der Waals surface area contributed by atoms with Crippen molar-refractivity contribution in [2.45, 2.75) is 43.3 Å². The minimum absolute atomic E-state index is 0.0821. The number of carbonyl (C=O) groups excluding carboxylic acids is 2. The first-order valence-corrected chi connectivity index (χ1v) is 11.2. The third kappa shape index (κ3) is 5.34. The molecule has 0 aromatic heterocycles. The molecule has 1 aromatic rings. The highest BCUT2D eigenvalue weighted by Gasteiger charge is 2.57. The molecular formula is C20H25O10P. The Balaban J connectivity index is 1.75. The molecule has 2 aliphatic rings. The fourth-order valence-corrected chi connectivity index (χ4v) is 4.88. The first-order chi connectivity index (χ1) is 14.9. The molecule has 1 unspecified atom stereocenters. The fourth-order valence-electron chi connectivity index (χ4n) is 3.43. The van der Waals surface area contributed by atoms with Gasteiger partial charge in [0.1, 0.15) is 12.7 Å². The summed E-state index contributed by atoms with van der Waals surface area (Å²) in [5.41, 5.74) is -0.425. The highest BCUT2D eigenvalue weighted by Crippen LogP contribution is 2.54. The normalized spacial score (nSPS) is 25.9. The predicted octanol–water partition coefficient (Wildman–Crippen LogP) is 2.81. The lowest BCUT2D eigenvalue weighted by Crippen LogP contribution is -2.35. The van der Waals surface area contributed by atoms with E-state index in [9.17, 15) is 14.2 Å². The molecule has 31 heavy (non-hydrogen) atoms. The zero-order chi connectivity index (χ0) is 22.4. The summed E-state index contributed by atoms with van der Waals surface area (Å²) in [6, 6.07) is 9.36. The summed E-state index contributed by atoms with van der Waals surface area (Å²) in [4.78, 5) is 24.3. The number of hydrogen-bond donors (Lipinski definition) is 0. The van der Waals surface area contributed by atoms with E-state index in [1.54, 1.807) is 0 Å². The molecular weight excluding hydrogens is 431 g/mol. The Hall–Kier alpha value is -2.23. The van der Waals surface area contributed by atoms with Gasteiger partial charge in [-0.25, -0.2) is 4.79 Å². The van der Waals surface area contributed by atoms with E-state index in [2.05, 4.69) is 6.58 Å². The molecule has 5 atom stereocenters. The first kappa shape index (κ1) is 23.4. The van der Waals surface area contributed by atoms with Gasteiger partial charge in [0.25, 0.3) is 0 Å². The maximum atomic E-state index is 13.0. The number of esters is 1. The Bertz CT molecular complexity index is 821. The number of benzene rings is 1. The molecule has 0 spiro atoms. The van der Waals surface area contributed by atoms with Crippen LogP contribution in [0, 0.1) is 0 Å². The van der Waals surface area contributed by atoms with E-state index in [4.69, 9.17) is 32.7 Å². The van der Waals surface area contributed by atoms with Crippen LogP contribution in [0.15, 0.2) is 43.0 Å². The van der Waals surface area contributed by atoms with Gasteiger partial charge in [0.15, 0.2) is 24.2 Å². The van der Waals surface area contributed by atoms with Crippen LogP contribution in [0.4, 0.5) is 4.79 Å². The standard InChI is InChI=1S/C20H25O10P/c1-4-10-26-18(21)15(31(23,24-2)25-3)11-14-16-17(30-20(22)29-16)19(28-14)27-12-13-8-6-5-7-9-13/h4-9,14-17,19H,1,10-12H2,2-3H3/t14-,15?,16-,17-,19-/m1/s1. The van der Waals surface area contributed by atoms with Gasteiger partial charge in [-0.1, -0.05) is 43.0 Å². The second kappa shape index (κ2) is 10.4. The first-order valence-electron chi connectivity index (χ1n) is 9.58. The third-order valence-electron chi connectivity index (χ3n) is 4.95. The monoisotopic (exact) mass is 456 g/mol. The lowest BCUT2D eigenvalue weighted by atomic mass is 10.1. The van der Waals surface area contributed by atoms with Gasteiger partial charge in [0, 0.05) is 20.6 Å². The van der Waals surface area contributed by atoms with Gasteiger partial charge < -0.3 is 32.7 Å². The summed E-state index contributed by atoms with van der Waals surface area (Å²) in [5, 5.41) is 0. The SMILES string of the molecule is C=CCOC(=O)C(C[C@H]1O[C@@H](OCc2ccccc2)[C@@H]2OC(=O)O[C@@H]21)P(=O)(OC)OC. The Morgan fingerprint density at radius 3 is 2.52 bits per heavy atom. The van der Waals surface area contributed by atoms with Crippen molar-refractivity contribution in [2.75, 3.05) is 20.8 Å². The van der Waals surface area contributed by atoms with E-state index in [0.717, 1.165) is 5.56 Å². The number of ether oxygens (including phenoxy) is 5. The lowest BCUT2D eigenvalue weighted by Gasteiger charge is -2.26. The van der Waals surface area contributed by atoms with Gasteiger partial charge in [-0.3, -0.25) is 9.36 Å². The third-order valence-corrected chi connectivity index (χ3v) is 7.15. The zero-order valence-corrected chi connectivity index (χ0v) is 18.1. The summed E-state index contributed by atoms with van der Waals surface area (Å²) in [7, 11) is -1.55. The van der Waals surface area contributed by atoms with Gasteiger partial charge >= 0.3 is 19.7 Å². The van der Waals surface area contributed by atoms with Gasteiger partial charge in [-0.2, -0.15) is 0 Å². The molecule has 2 aliphatic heterocycles. The summed E-state index contributed by atoms with van der Waals surface area (Å²) < 4.78 is 50.1. The van der Waals surface area contributed by atoms with Crippen molar-refractivity contribution < 1.29 is 46.9 Å². The van der Waals surface area contributed by atoms with E-state index in [1.165, 1.54) is 20.3 Å². The van der Waals surface area contributed by atoms with Gasteiger partial charge in [0.05, 0.1) is 6.61 Å². The maximum Gasteiger partial charge on any atom is 0.509 e. The average molecular weight is 456 g/mol. The smallest absolute Gasteiger partial charge is 0.461 e. The Morgan fingerprint density at radius 1 is 1.19 bits per heavy atom. The Morgan fingerprint density at radius 2 is 1.87 bits per heavy atom. The molecule has 2 saturated heterocycles. The molecule has 0 amide bonds. The topological polar surface area (TPSA) is 116 Å². The molecule has 0 N–H and O–H groups in total. The zero-order valence-electron chi connectivity index (χ0n) is 17.2. The fraction of sp³-hybridized carbons (Fsp3) is 0.500. The van der Waals surface area contributed by atoms with Gasteiger partial charge in [0.2, 0.25) is 0 Å². The molecule has 10 nitrogen and oxygen atoms in total. The van der Waals surface area contributed by atoms with Crippen LogP contribution in [0.2, 0.25) is 0 Å². The van der Waals surface area contributed by atoms with Crippen molar-refractivity contribution >= 4 is 19.7 Å². The number of hydrogen-bond acceptors (Lipinski definition) is 10. The Labute approximate surface area is 179 Å². The molecule has 3 rings (SSSR count). The van der Waals surface area contributed by atoms with E-state index in [0.29, 0.717) is 0 Å². The van der Waals surface area contributed by atoms with Crippen LogP contribution in [0.3, 0.4) is 0 Å². The number of carbonyl (C=O) groups is 2. The second-order valence-corrected chi connectivity index (χ2v) is 9.26. The van der Waals surface area contributed by atoms with Crippen molar-refractivity contribution in [1.82, 2.24) is 0 Å². The van der Waals surface area contributed by atoms with Crippen LogP contribution in [0.25, 0.3) is 0 Å². The number of fused-ring (bicyclic) bond motifs is 1. The van der Waals surface area contributed by atoms with Crippen LogP contribution < -0.4 is 0 Å². The lowest BCUT2D eigenvalue weighted by molar-refractivity contribution is -0.175. The molecule has 170 valence electrons. The molecule has 11 heteroatoms. The van der Waals surface area contributed by atoms with Crippen molar-refractivity contribution in [1.29, 1.82) is 0 Å².